The molecule has 4 heteroatoms. The fourth-order valence-corrected chi connectivity index (χ4v) is 4.06. The van der Waals surface area contributed by atoms with E-state index in [1.807, 2.05) is 0 Å². The zero-order chi connectivity index (χ0) is 14.3. The van der Waals surface area contributed by atoms with Crippen molar-refractivity contribution in [3.63, 3.8) is 0 Å². The Bertz CT molecular complexity index is 649. The summed E-state index contributed by atoms with van der Waals surface area (Å²) in [6.45, 7) is 6.46. The molecule has 1 aromatic rings. The average molecular weight is 285 g/mol. The Morgan fingerprint density at radius 1 is 1.60 bits per heavy atom. The molecule has 104 valence electrons. The van der Waals surface area contributed by atoms with Gasteiger partial charge >= 0.3 is 0 Å². The largest absolute Gasteiger partial charge is 0.404 e. The number of nitrogens with two attached hydrogens (primary N) is 1. The first kappa shape index (κ1) is 13.2. The van der Waals surface area contributed by atoms with E-state index in [0.29, 0.717) is 0 Å². The van der Waals surface area contributed by atoms with Crippen molar-refractivity contribution in [2.75, 3.05) is 0 Å². The Balaban J connectivity index is 2.12. The van der Waals surface area contributed by atoms with Gasteiger partial charge in [-0.05, 0) is 36.8 Å². The summed E-state index contributed by atoms with van der Waals surface area (Å²) in [7, 11) is 0. The molecule has 0 bridgehead atoms. The van der Waals surface area contributed by atoms with E-state index < -0.39 is 0 Å². The smallest absolute Gasteiger partial charge is 0.0581 e. The van der Waals surface area contributed by atoms with Crippen LogP contribution < -0.4 is 11.1 Å². The third-order valence-corrected chi connectivity index (χ3v) is 5.30. The number of rotatable bonds is 2. The fourth-order valence-electron chi connectivity index (χ4n) is 2.95. The molecule has 1 aromatic heterocycles. The monoisotopic (exact) mass is 285 g/mol. The minimum absolute atomic E-state index is 0.727. The van der Waals surface area contributed by atoms with E-state index in [9.17, 15) is 0 Å². The van der Waals surface area contributed by atoms with Crippen LogP contribution in [0.1, 0.15) is 41.5 Å². The van der Waals surface area contributed by atoms with Crippen LogP contribution in [0.5, 0.6) is 0 Å². The molecule has 3 rings (SSSR count). The zero-order valence-electron chi connectivity index (χ0n) is 11.6. The molecule has 0 amide bonds. The molecule has 2 aliphatic rings. The quantitative estimate of drug-likeness (QED) is 0.724. The van der Waals surface area contributed by atoms with Crippen molar-refractivity contribution in [3.8, 4) is 0 Å². The molecule has 4 N–H and O–H groups in total. The Morgan fingerprint density at radius 3 is 3.10 bits per heavy atom. The van der Waals surface area contributed by atoms with Crippen LogP contribution in [-0.4, -0.2) is 6.21 Å². The third-order valence-electron chi connectivity index (χ3n) is 4.06. The number of thiophene rings is 1. The van der Waals surface area contributed by atoms with Gasteiger partial charge in [-0.2, -0.15) is 0 Å². The molecule has 1 atom stereocenters. The maximum Gasteiger partial charge on any atom is 0.0581 e. The molecule has 0 saturated heterocycles. The van der Waals surface area contributed by atoms with Gasteiger partial charge in [0.05, 0.1) is 4.88 Å². The van der Waals surface area contributed by atoms with Gasteiger partial charge in [-0.25, -0.2) is 0 Å². The van der Waals surface area contributed by atoms with Crippen molar-refractivity contribution in [3.05, 3.63) is 39.9 Å². The lowest BCUT2D eigenvalue weighted by Crippen LogP contribution is -2.22. The molecule has 0 aromatic carbocycles. The number of hydrogen-bond donors (Lipinski definition) is 3. The van der Waals surface area contributed by atoms with Crippen molar-refractivity contribution in [1.29, 1.82) is 5.41 Å². The topological polar surface area (TPSA) is 61.9 Å². The van der Waals surface area contributed by atoms with Crippen molar-refractivity contribution >= 4 is 34.4 Å². The van der Waals surface area contributed by atoms with Crippen molar-refractivity contribution < 1.29 is 0 Å². The van der Waals surface area contributed by atoms with Gasteiger partial charge in [-0.15, -0.1) is 11.3 Å². The van der Waals surface area contributed by atoms with Crippen LogP contribution in [0, 0.1) is 11.3 Å². The van der Waals surface area contributed by atoms with E-state index in [-0.39, 0.29) is 0 Å². The Kier molecular flexibility index (Phi) is 3.26. The number of hydrogen-bond acceptors (Lipinski definition) is 4. The molecule has 1 unspecified atom stereocenters. The maximum absolute atomic E-state index is 7.45. The highest BCUT2D eigenvalue weighted by Gasteiger charge is 2.28. The predicted octanol–water partition coefficient (Wildman–Crippen LogP) is 3.80. The van der Waals surface area contributed by atoms with E-state index in [1.165, 1.54) is 40.5 Å². The van der Waals surface area contributed by atoms with Crippen LogP contribution in [0.15, 0.2) is 24.5 Å². The van der Waals surface area contributed by atoms with Crippen molar-refractivity contribution in [2.45, 2.75) is 26.2 Å². The summed E-state index contributed by atoms with van der Waals surface area (Å²) in [5.41, 5.74) is 11.4. The van der Waals surface area contributed by atoms with Gasteiger partial charge in [0.1, 0.15) is 0 Å². The highest BCUT2D eigenvalue weighted by Crippen LogP contribution is 2.45. The predicted molar refractivity (Wildman–Crippen MR) is 87.4 cm³/mol. The Labute approximate surface area is 123 Å². The van der Waals surface area contributed by atoms with Gasteiger partial charge in [0.25, 0.3) is 0 Å². The molecule has 0 radical (unpaired) electrons. The highest BCUT2D eigenvalue weighted by atomic mass is 32.1. The Hall–Kier alpha value is -1.81. The fraction of sp³-hybridized carbons (Fsp3) is 0.312. The standard InChI is InChI=1S/C16H19N3S/c1-9-3-4-14-12(5-9)13-6-15(11(7-17)8-18)20-16(13)10(2)19-14/h6-9,17,19H,2-5,18H2,1H3/b11-8+,17-7?. The van der Waals surface area contributed by atoms with Gasteiger partial charge < -0.3 is 16.5 Å². The van der Waals surface area contributed by atoms with Gasteiger partial charge in [-0.3, -0.25) is 0 Å². The van der Waals surface area contributed by atoms with Crippen LogP contribution in [0.2, 0.25) is 0 Å². The first-order valence-corrected chi connectivity index (χ1v) is 7.71. The lowest BCUT2D eigenvalue weighted by molar-refractivity contribution is 0.514. The lowest BCUT2D eigenvalue weighted by Gasteiger charge is -2.30. The molecule has 1 aliphatic heterocycles. The molecule has 20 heavy (non-hydrogen) atoms. The molecule has 3 nitrogen and oxygen atoms in total. The second-order valence-electron chi connectivity index (χ2n) is 5.53. The molecular weight excluding hydrogens is 266 g/mol. The minimum Gasteiger partial charge on any atom is -0.404 e. The Morgan fingerprint density at radius 2 is 2.40 bits per heavy atom. The summed E-state index contributed by atoms with van der Waals surface area (Å²) >= 11 is 1.66. The second-order valence-corrected chi connectivity index (χ2v) is 6.58. The average Bonchev–Trinajstić information content (AvgIpc) is 2.87. The van der Waals surface area contributed by atoms with E-state index in [2.05, 4.69) is 24.9 Å². The first-order chi connectivity index (χ1) is 9.63. The van der Waals surface area contributed by atoms with Gasteiger partial charge in [0, 0.05) is 39.8 Å². The van der Waals surface area contributed by atoms with Crippen molar-refractivity contribution in [1.82, 2.24) is 5.32 Å². The third kappa shape index (κ3) is 2.00. The number of allylic oxidation sites excluding steroid dienone is 3. The lowest BCUT2D eigenvalue weighted by atomic mass is 9.82. The SMILES string of the molecule is C=C1NC2=C(CC(C)CC2)c2cc(/C(C=N)=C/N)sc21. The molecule has 1 aliphatic carbocycles. The molecule has 2 heterocycles. The molecule has 0 spiro atoms. The maximum atomic E-state index is 7.45. The van der Waals surface area contributed by atoms with Crippen molar-refractivity contribution in [2.24, 2.45) is 11.7 Å². The van der Waals surface area contributed by atoms with Gasteiger partial charge in [0.2, 0.25) is 0 Å². The van der Waals surface area contributed by atoms with Crippen LogP contribution in [-0.2, 0) is 0 Å². The van der Waals surface area contributed by atoms with E-state index >= 15 is 0 Å². The van der Waals surface area contributed by atoms with E-state index in [0.717, 1.165) is 34.9 Å². The molecule has 0 saturated carbocycles. The van der Waals surface area contributed by atoms with Gasteiger partial charge in [-0.1, -0.05) is 13.5 Å². The second kappa shape index (κ2) is 4.94. The van der Waals surface area contributed by atoms with E-state index in [1.54, 1.807) is 11.3 Å². The summed E-state index contributed by atoms with van der Waals surface area (Å²) < 4.78 is 0. The normalized spacial score (nSPS) is 22.1. The van der Waals surface area contributed by atoms with Crippen LogP contribution in [0.4, 0.5) is 0 Å². The summed E-state index contributed by atoms with van der Waals surface area (Å²) in [6.07, 6.45) is 6.26. The summed E-state index contributed by atoms with van der Waals surface area (Å²) in [6, 6.07) is 2.17. The summed E-state index contributed by atoms with van der Waals surface area (Å²) in [5, 5.41) is 10.9. The van der Waals surface area contributed by atoms with Crippen LogP contribution in [0.3, 0.4) is 0 Å². The molecule has 0 fully saturated rings. The zero-order valence-corrected chi connectivity index (χ0v) is 12.4. The minimum atomic E-state index is 0.727. The number of fused-ring (bicyclic) bond motifs is 2. The first-order valence-electron chi connectivity index (χ1n) is 6.89. The molecular formula is C16H19N3S. The van der Waals surface area contributed by atoms with Crippen LogP contribution in [0.25, 0.3) is 16.8 Å². The van der Waals surface area contributed by atoms with Crippen LogP contribution >= 0.6 is 11.3 Å². The number of nitrogens with one attached hydrogen (secondary N) is 2. The van der Waals surface area contributed by atoms with E-state index in [4.69, 9.17) is 11.1 Å². The summed E-state index contributed by atoms with van der Waals surface area (Å²) in [4.78, 5) is 2.23. The summed E-state index contributed by atoms with van der Waals surface area (Å²) in [5.74, 6) is 0.727. The van der Waals surface area contributed by atoms with Gasteiger partial charge in [0.15, 0.2) is 0 Å². The highest BCUT2D eigenvalue weighted by molar-refractivity contribution is 7.14.